The van der Waals surface area contributed by atoms with Gasteiger partial charge >= 0.3 is 0 Å². The summed E-state index contributed by atoms with van der Waals surface area (Å²) in [5, 5.41) is 1.18. The van der Waals surface area contributed by atoms with Crippen LogP contribution >= 0.6 is 9.24 Å². The van der Waals surface area contributed by atoms with Crippen molar-refractivity contribution in [2.45, 2.75) is 13.8 Å². The van der Waals surface area contributed by atoms with Crippen LogP contribution in [0, 0.1) is 5.92 Å². The molecular weight excluding hydrogens is 91.0 g/mol. The van der Waals surface area contributed by atoms with E-state index in [1.807, 2.05) is 0 Å². The van der Waals surface area contributed by atoms with Crippen molar-refractivity contribution < 1.29 is 0 Å². The van der Waals surface area contributed by atoms with Crippen LogP contribution in [0.1, 0.15) is 13.8 Å². The Balaban J connectivity index is 3.26. The lowest BCUT2D eigenvalue weighted by Gasteiger charge is -1.97. The first-order chi connectivity index (χ1) is 2.64. The summed E-state index contributed by atoms with van der Waals surface area (Å²) in [5.74, 6) is 0.620. The van der Waals surface area contributed by atoms with E-state index in [0.29, 0.717) is 5.92 Å². The molecule has 0 nitrogen and oxygen atoms in total. The largest absolute Gasteiger partial charge is 0.110 e. The van der Waals surface area contributed by atoms with Crippen molar-refractivity contribution in [3.8, 4) is 0 Å². The fraction of sp³-hybridized carbons (Fsp3) is 0.600. The highest BCUT2D eigenvalue weighted by Gasteiger charge is 1.87. The van der Waals surface area contributed by atoms with Gasteiger partial charge in [0.25, 0.3) is 0 Å². The first-order valence-electron chi connectivity index (χ1n) is 2.09. The predicted octanol–water partition coefficient (Wildman–Crippen LogP) is 2.03. The van der Waals surface area contributed by atoms with Gasteiger partial charge in [-0.15, -0.1) is 9.24 Å². The Morgan fingerprint density at radius 2 is 1.83 bits per heavy atom. The maximum atomic E-state index is 3.72. The lowest BCUT2D eigenvalue weighted by Crippen LogP contribution is -1.79. The number of hydrogen-bond acceptors (Lipinski definition) is 0. The Kier molecular flexibility index (Phi) is 2.43. The van der Waals surface area contributed by atoms with Gasteiger partial charge in [0.15, 0.2) is 0 Å². The van der Waals surface area contributed by atoms with E-state index in [9.17, 15) is 0 Å². The molecule has 0 spiro atoms. The third kappa shape index (κ3) is 2.41. The van der Waals surface area contributed by atoms with Crippen molar-refractivity contribution in [3.63, 3.8) is 0 Å². The molecule has 0 aromatic carbocycles. The molecule has 0 aliphatic carbocycles. The summed E-state index contributed by atoms with van der Waals surface area (Å²) >= 11 is 0. The molecule has 0 N–H and O–H groups in total. The monoisotopic (exact) mass is 102 g/mol. The minimum absolute atomic E-state index is 0.620. The Morgan fingerprint density at radius 3 is 1.83 bits per heavy atom. The van der Waals surface area contributed by atoms with Gasteiger partial charge < -0.3 is 0 Å². The van der Waals surface area contributed by atoms with E-state index in [0.717, 1.165) is 0 Å². The molecule has 0 saturated heterocycles. The maximum absolute atomic E-state index is 3.72. The van der Waals surface area contributed by atoms with E-state index >= 15 is 0 Å². The summed E-state index contributed by atoms with van der Waals surface area (Å²) in [6, 6.07) is 0. The standard InChI is InChI=1S/C5H11P/c1-4(2)5(3)6/h4H,3,6H2,1-2H3. The second kappa shape index (κ2) is 2.36. The van der Waals surface area contributed by atoms with Gasteiger partial charge in [0, 0.05) is 0 Å². The van der Waals surface area contributed by atoms with Crippen LogP contribution in [0.2, 0.25) is 0 Å². The molecule has 0 aromatic heterocycles. The maximum Gasteiger partial charge on any atom is -0.0225 e. The molecule has 0 amide bonds. The van der Waals surface area contributed by atoms with Crippen molar-refractivity contribution in [3.05, 3.63) is 11.9 Å². The number of rotatable bonds is 1. The van der Waals surface area contributed by atoms with Gasteiger partial charge in [0.1, 0.15) is 0 Å². The number of hydrogen-bond donors (Lipinski definition) is 0. The zero-order valence-corrected chi connectivity index (χ0v) is 5.52. The van der Waals surface area contributed by atoms with Crippen LogP contribution in [-0.4, -0.2) is 0 Å². The Morgan fingerprint density at radius 1 is 1.67 bits per heavy atom. The van der Waals surface area contributed by atoms with Crippen molar-refractivity contribution in [2.24, 2.45) is 5.92 Å². The third-order valence-electron chi connectivity index (χ3n) is 0.742. The lowest BCUT2D eigenvalue weighted by molar-refractivity contribution is 0.820. The molecule has 0 radical (unpaired) electrons. The summed E-state index contributed by atoms with van der Waals surface area (Å²) < 4.78 is 0. The molecule has 0 saturated carbocycles. The summed E-state index contributed by atoms with van der Waals surface area (Å²) in [6.07, 6.45) is 0. The highest BCUT2D eigenvalue weighted by atomic mass is 31.0. The normalized spacial score (nSPS) is 9.33. The minimum atomic E-state index is 0.620. The Hall–Kier alpha value is 0.170. The van der Waals surface area contributed by atoms with E-state index in [1.54, 1.807) is 0 Å². The summed E-state index contributed by atoms with van der Waals surface area (Å²) in [5.41, 5.74) is 0. The van der Waals surface area contributed by atoms with Crippen molar-refractivity contribution in [1.29, 1.82) is 0 Å². The highest BCUT2D eigenvalue weighted by molar-refractivity contribution is 7.22. The number of allylic oxidation sites excluding steroid dienone is 1. The molecule has 1 atom stereocenters. The molecule has 1 heteroatoms. The molecule has 0 bridgehead atoms. The summed E-state index contributed by atoms with van der Waals surface area (Å²) in [6.45, 7) is 7.96. The van der Waals surface area contributed by atoms with Gasteiger partial charge in [-0.05, 0) is 5.92 Å². The molecule has 1 unspecified atom stereocenters. The van der Waals surface area contributed by atoms with Crippen LogP contribution in [-0.2, 0) is 0 Å². The fourth-order valence-corrected chi connectivity index (χ4v) is 0. The Labute approximate surface area is 41.8 Å². The van der Waals surface area contributed by atoms with E-state index in [4.69, 9.17) is 0 Å². The van der Waals surface area contributed by atoms with Crippen LogP contribution < -0.4 is 0 Å². The molecule has 0 heterocycles. The topological polar surface area (TPSA) is 0 Å². The van der Waals surface area contributed by atoms with Gasteiger partial charge in [-0.1, -0.05) is 25.7 Å². The van der Waals surface area contributed by atoms with Gasteiger partial charge in [0.2, 0.25) is 0 Å². The molecule has 0 aromatic rings. The van der Waals surface area contributed by atoms with E-state index in [2.05, 4.69) is 29.7 Å². The van der Waals surface area contributed by atoms with Crippen LogP contribution in [0.15, 0.2) is 11.9 Å². The SMILES string of the molecule is C=C(P)C(C)C. The van der Waals surface area contributed by atoms with Crippen molar-refractivity contribution >= 4 is 9.24 Å². The van der Waals surface area contributed by atoms with E-state index in [1.165, 1.54) is 5.31 Å². The predicted molar refractivity (Wildman–Crippen MR) is 33.7 cm³/mol. The second-order valence-electron chi connectivity index (χ2n) is 1.73. The lowest BCUT2D eigenvalue weighted by atomic mass is 10.2. The molecule has 0 fully saturated rings. The van der Waals surface area contributed by atoms with Gasteiger partial charge in [-0.2, -0.15) is 0 Å². The first kappa shape index (κ1) is 6.17. The molecule has 0 aliphatic heterocycles. The zero-order valence-electron chi connectivity index (χ0n) is 4.36. The minimum Gasteiger partial charge on any atom is -0.110 e. The van der Waals surface area contributed by atoms with Crippen LogP contribution in [0.3, 0.4) is 0 Å². The highest BCUT2D eigenvalue weighted by Crippen LogP contribution is 2.12. The van der Waals surface area contributed by atoms with Crippen molar-refractivity contribution in [1.82, 2.24) is 0 Å². The summed E-state index contributed by atoms with van der Waals surface area (Å²) in [4.78, 5) is 0. The average molecular weight is 102 g/mol. The fourth-order valence-electron chi connectivity index (χ4n) is 0. The molecule has 36 valence electrons. The quantitative estimate of drug-likeness (QED) is 0.444. The van der Waals surface area contributed by atoms with E-state index < -0.39 is 0 Å². The first-order valence-corrected chi connectivity index (χ1v) is 2.66. The molecule has 6 heavy (non-hydrogen) atoms. The third-order valence-corrected chi connectivity index (χ3v) is 1.41. The molecule has 0 rings (SSSR count). The molecule has 0 aliphatic rings. The summed E-state index contributed by atoms with van der Waals surface area (Å²) in [7, 11) is 2.58. The van der Waals surface area contributed by atoms with Gasteiger partial charge in [-0.3, -0.25) is 0 Å². The molecular formula is C5H11P. The zero-order chi connectivity index (χ0) is 5.15. The van der Waals surface area contributed by atoms with Crippen LogP contribution in [0.5, 0.6) is 0 Å². The van der Waals surface area contributed by atoms with E-state index in [-0.39, 0.29) is 0 Å². The van der Waals surface area contributed by atoms with Gasteiger partial charge in [-0.25, -0.2) is 0 Å². The van der Waals surface area contributed by atoms with Gasteiger partial charge in [0.05, 0.1) is 0 Å². The average Bonchev–Trinajstić information content (AvgIpc) is 1.36. The van der Waals surface area contributed by atoms with Crippen molar-refractivity contribution in [2.75, 3.05) is 0 Å². The Bertz CT molecular complexity index is 55.0. The second-order valence-corrected chi connectivity index (χ2v) is 2.47. The van der Waals surface area contributed by atoms with Crippen LogP contribution in [0.4, 0.5) is 0 Å². The smallest absolute Gasteiger partial charge is 0.0225 e. The van der Waals surface area contributed by atoms with Crippen LogP contribution in [0.25, 0.3) is 0 Å².